The maximum absolute atomic E-state index is 11.9. The number of hydrogen-bond acceptors (Lipinski definition) is 3. The number of carbonyl (C=O) groups is 2. The zero-order chi connectivity index (χ0) is 14.4. The molecule has 6 heteroatoms. The second-order valence-corrected chi connectivity index (χ2v) is 4.46. The molecular formula is C13H16ClNO4. The van der Waals surface area contributed by atoms with Crippen LogP contribution in [-0.2, 0) is 14.3 Å². The number of carbonyl (C=O) groups excluding carboxylic acids is 1. The summed E-state index contributed by atoms with van der Waals surface area (Å²) in [4.78, 5) is 23.9. The molecule has 0 radical (unpaired) electrons. The fourth-order valence-electron chi connectivity index (χ4n) is 1.56. The van der Waals surface area contributed by atoms with Crippen LogP contribution in [0.15, 0.2) is 18.2 Å². The Balaban J connectivity index is 2.96. The van der Waals surface area contributed by atoms with Crippen LogP contribution in [0.2, 0.25) is 5.02 Å². The van der Waals surface area contributed by atoms with E-state index in [-0.39, 0.29) is 25.5 Å². The van der Waals surface area contributed by atoms with Gasteiger partial charge in [0, 0.05) is 24.4 Å². The van der Waals surface area contributed by atoms with Gasteiger partial charge in [0.15, 0.2) is 0 Å². The number of methoxy groups -OCH3 is 1. The Kier molecular flexibility index (Phi) is 5.79. The van der Waals surface area contributed by atoms with Crippen molar-refractivity contribution >= 4 is 29.2 Å². The quantitative estimate of drug-likeness (QED) is 0.869. The fourth-order valence-corrected chi connectivity index (χ4v) is 1.73. The highest BCUT2D eigenvalue weighted by Gasteiger charge is 2.17. The van der Waals surface area contributed by atoms with E-state index in [1.165, 1.54) is 12.0 Å². The van der Waals surface area contributed by atoms with E-state index >= 15 is 0 Å². The summed E-state index contributed by atoms with van der Waals surface area (Å²) >= 11 is 6.02. The van der Waals surface area contributed by atoms with Gasteiger partial charge >= 0.3 is 5.97 Å². The van der Waals surface area contributed by atoms with Crippen molar-refractivity contribution in [3.63, 3.8) is 0 Å². The molecule has 1 N–H and O–H groups in total. The summed E-state index contributed by atoms with van der Waals surface area (Å²) in [6.07, 6.45) is -0.138. The van der Waals surface area contributed by atoms with Gasteiger partial charge in [-0.05, 0) is 24.6 Å². The highest BCUT2D eigenvalue weighted by atomic mass is 35.5. The number of aliphatic carboxylic acids is 1. The van der Waals surface area contributed by atoms with Crippen molar-refractivity contribution in [2.24, 2.45) is 0 Å². The van der Waals surface area contributed by atoms with Gasteiger partial charge in [-0.15, -0.1) is 0 Å². The van der Waals surface area contributed by atoms with Crippen LogP contribution in [0.5, 0.6) is 0 Å². The van der Waals surface area contributed by atoms with Crippen molar-refractivity contribution < 1.29 is 19.4 Å². The first-order valence-corrected chi connectivity index (χ1v) is 6.10. The third kappa shape index (κ3) is 4.54. The van der Waals surface area contributed by atoms with E-state index in [2.05, 4.69) is 0 Å². The Labute approximate surface area is 116 Å². The largest absolute Gasteiger partial charge is 0.481 e. The molecule has 0 saturated carbocycles. The van der Waals surface area contributed by atoms with Gasteiger partial charge in [0.2, 0.25) is 0 Å². The highest BCUT2D eigenvalue weighted by Crippen LogP contribution is 2.23. The molecule has 0 atom stereocenters. The van der Waals surface area contributed by atoms with Crippen molar-refractivity contribution in [2.45, 2.75) is 13.3 Å². The molecule has 0 aromatic heterocycles. The number of amides is 1. The predicted octanol–water partition coefficient (Wildman–Crippen LogP) is 2.10. The van der Waals surface area contributed by atoms with Crippen molar-refractivity contribution in [1.29, 1.82) is 0 Å². The van der Waals surface area contributed by atoms with Crippen LogP contribution >= 0.6 is 11.6 Å². The lowest BCUT2D eigenvalue weighted by molar-refractivity contribution is -0.136. The average Bonchev–Trinajstić information content (AvgIpc) is 2.33. The first kappa shape index (κ1) is 15.5. The van der Waals surface area contributed by atoms with Gasteiger partial charge in [-0.1, -0.05) is 17.7 Å². The zero-order valence-corrected chi connectivity index (χ0v) is 11.6. The topological polar surface area (TPSA) is 66.8 Å². The van der Waals surface area contributed by atoms with E-state index in [0.29, 0.717) is 10.7 Å². The Bertz CT molecular complexity index is 476. The molecule has 0 aliphatic carbocycles. The van der Waals surface area contributed by atoms with Gasteiger partial charge in [-0.3, -0.25) is 9.59 Å². The van der Waals surface area contributed by atoms with Gasteiger partial charge < -0.3 is 14.7 Å². The lowest BCUT2D eigenvalue weighted by atomic mass is 10.2. The van der Waals surface area contributed by atoms with Crippen LogP contribution in [0.25, 0.3) is 0 Å². The van der Waals surface area contributed by atoms with Crippen molar-refractivity contribution in [3.8, 4) is 0 Å². The van der Waals surface area contributed by atoms with E-state index in [9.17, 15) is 9.59 Å². The van der Waals surface area contributed by atoms with Crippen LogP contribution in [0.4, 0.5) is 5.69 Å². The van der Waals surface area contributed by atoms with Gasteiger partial charge in [0.25, 0.3) is 5.91 Å². The molecule has 104 valence electrons. The molecule has 19 heavy (non-hydrogen) atoms. The number of aryl methyl sites for hydroxylation is 1. The van der Waals surface area contributed by atoms with Gasteiger partial charge in [-0.2, -0.15) is 0 Å². The number of ether oxygens (including phenoxy) is 1. The second kappa shape index (κ2) is 7.11. The molecule has 0 saturated heterocycles. The van der Waals surface area contributed by atoms with Crippen LogP contribution < -0.4 is 4.90 Å². The van der Waals surface area contributed by atoms with Crippen molar-refractivity contribution in [1.82, 2.24) is 0 Å². The summed E-state index contributed by atoms with van der Waals surface area (Å²) in [6, 6.07) is 5.16. The maximum Gasteiger partial charge on any atom is 0.305 e. The van der Waals surface area contributed by atoms with Crippen LogP contribution in [-0.4, -0.2) is 37.2 Å². The average molecular weight is 286 g/mol. The third-order valence-corrected chi connectivity index (χ3v) is 2.99. The van der Waals surface area contributed by atoms with Crippen molar-refractivity contribution in [2.75, 3.05) is 25.2 Å². The second-order valence-electron chi connectivity index (χ2n) is 4.06. The number of carboxylic acid groups (broad SMARTS) is 1. The van der Waals surface area contributed by atoms with Crippen molar-refractivity contribution in [3.05, 3.63) is 28.8 Å². The minimum Gasteiger partial charge on any atom is -0.481 e. The van der Waals surface area contributed by atoms with E-state index in [1.807, 2.05) is 6.92 Å². The zero-order valence-electron chi connectivity index (χ0n) is 10.9. The van der Waals surface area contributed by atoms with E-state index < -0.39 is 5.97 Å². The van der Waals surface area contributed by atoms with E-state index in [1.54, 1.807) is 18.2 Å². The number of nitrogens with zero attached hydrogens (tertiary/aromatic N) is 1. The molecule has 0 unspecified atom stereocenters. The molecular weight excluding hydrogens is 270 g/mol. The van der Waals surface area contributed by atoms with E-state index in [4.69, 9.17) is 21.4 Å². The summed E-state index contributed by atoms with van der Waals surface area (Å²) in [5.74, 6) is -1.27. The summed E-state index contributed by atoms with van der Waals surface area (Å²) in [6.45, 7) is 1.83. The number of halogens is 1. The van der Waals surface area contributed by atoms with Crippen LogP contribution in [0.1, 0.15) is 12.0 Å². The first-order chi connectivity index (χ1) is 8.95. The number of hydrogen-bond donors (Lipinski definition) is 1. The Morgan fingerprint density at radius 2 is 2.11 bits per heavy atom. The van der Waals surface area contributed by atoms with Gasteiger partial charge in [0.1, 0.15) is 6.61 Å². The number of rotatable bonds is 6. The van der Waals surface area contributed by atoms with E-state index in [0.717, 1.165) is 5.56 Å². The molecule has 1 amide bonds. The first-order valence-electron chi connectivity index (χ1n) is 5.73. The summed E-state index contributed by atoms with van der Waals surface area (Å²) in [7, 11) is 1.41. The molecule has 1 aromatic carbocycles. The molecule has 0 aliphatic rings. The van der Waals surface area contributed by atoms with Crippen LogP contribution in [0.3, 0.4) is 0 Å². The minimum atomic E-state index is -0.964. The monoisotopic (exact) mass is 285 g/mol. The summed E-state index contributed by atoms with van der Waals surface area (Å²) < 4.78 is 4.80. The standard InChI is InChI=1S/C13H16ClNO4/c1-9-3-4-10(7-11(9)14)15(6-5-13(17)18)12(16)8-19-2/h3-4,7H,5-6,8H2,1-2H3,(H,17,18). The Morgan fingerprint density at radius 1 is 1.42 bits per heavy atom. The smallest absolute Gasteiger partial charge is 0.305 e. The molecule has 0 bridgehead atoms. The minimum absolute atomic E-state index is 0.0803. The molecule has 0 aliphatic heterocycles. The lowest BCUT2D eigenvalue weighted by Crippen LogP contribution is -2.35. The fraction of sp³-hybridized carbons (Fsp3) is 0.385. The molecule has 0 fully saturated rings. The normalized spacial score (nSPS) is 10.3. The highest BCUT2D eigenvalue weighted by molar-refractivity contribution is 6.31. The maximum atomic E-state index is 11.9. The van der Waals surface area contributed by atoms with Gasteiger partial charge in [0.05, 0.1) is 6.42 Å². The molecule has 5 nitrogen and oxygen atoms in total. The number of benzene rings is 1. The SMILES string of the molecule is COCC(=O)N(CCC(=O)O)c1ccc(C)c(Cl)c1. The Morgan fingerprint density at radius 3 is 2.63 bits per heavy atom. The number of carboxylic acids is 1. The summed E-state index contributed by atoms with van der Waals surface area (Å²) in [5, 5.41) is 9.25. The molecule has 1 aromatic rings. The third-order valence-electron chi connectivity index (χ3n) is 2.59. The molecule has 1 rings (SSSR count). The Hall–Kier alpha value is -1.59. The summed E-state index contributed by atoms with van der Waals surface area (Å²) in [5.41, 5.74) is 1.46. The van der Waals surface area contributed by atoms with Gasteiger partial charge in [-0.25, -0.2) is 0 Å². The molecule has 0 heterocycles. The molecule has 0 spiro atoms. The predicted molar refractivity (Wildman–Crippen MR) is 72.7 cm³/mol. The lowest BCUT2D eigenvalue weighted by Gasteiger charge is -2.22. The van der Waals surface area contributed by atoms with Crippen LogP contribution in [0, 0.1) is 6.92 Å². The number of anilines is 1.